The van der Waals surface area contributed by atoms with Gasteiger partial charge in [0.15, 0.2) is 0 Å². The highest BCUT2D eigenvalue weighted by atomic mass is 32.2. The molecule has 2 fully saturated rings. The van der Waals surface area contributed by atoms with Crippen LogP contribution in [0, 0.1) is 0 Å². The Morgan fingerprint density at radius 3 is 2.54 bits per heavy atom. The third-order valence-electron chi connectivity index (χ3n) is 5.38. The largest absolute Gasteiger partial charge is 0.296 e. The van der Waals surface area contributed by atoms with E-state index < -0.39 is 15.9 Å². The lowest BCUT2D eigenvalue weighted by Crippen LogP contribution is -2.36. The number of sulfonamides is 1. The van der Waals surface area contributed by atoms with Gasteiger partial charge in [0.2, 0.25) is 15.2 Å². The van der Waals surface area contributed by atoms with E-state index in [1.807, 2.05) is 0 Å². The molecule has 0 radical (unpaired) electrons. The lowest BCUT2D eigenvalue weighted by atomic mass is 9.90. The molecule has 0 unspecified atom stereocenters. The quantitative estimate of drug-likeness (QED) is 0.756. The number of amides is 1. The number of nitrogens with zero attached hydrogens (tertiary/aromatic N) is 3. The molecule has 0 aromatic carbocycles. The van der Waals surface area contributed by atoms with E-state index in [2.05, 4.69) is 15.5 Å². The summed E-state index contributed by atoms with van der Waals surface area (Å²) >= 11 is 2.54. The van der Waals surface area contributed by atoms with Crippen LogP contribution in [0.5, 0.6) is 0 Å². The summed E-state index contributed by atoms with van der Waals surface area (Å²) in [7, 11) is -3.65. The van der Waals surface area contributed by atoms with E-state index in [0.29, 0.717) is 24.1 Å². The van der Waals surface area contributed by atoms with Crippen molar-refractivity contribution in [1.82, 2.24) is 14.5 Å². The van der Waals surface area contributed by atoms with E-state index in [-0.39, 0.29) is 9.77 Å². The van der Waals surface area contributed by atoms with Crippen molar-refractivity contribution < 1.29 is 13.2 Å². The highest BCUT2D eigenvalue weighted by Gasteiger charge is 2.31. The van der Waals surface area contributed by atoms with Crippen LogP contribution >= 0.6 is 22.7 Å². The topological polar surface area (TPSA) is 92.3 Å². The van der Waals surface area contributed by atoms with E-state index in [0.717, 1.165) is 48.4 Å². The van der Waals surface area contributed by atoms with Crippen molar-refractivity contribution in [2.24, 2.45) is 0 Å². The van der Waals surface area contributed by atoms with Crippen molar-refractivity contribution in [2.45, 2.75) is 62.2 Å². The van der Waals surface area contributed by atoms with Gasteiger partial charge in [-0.1, -0.05) is 37.0 Å². The third kappa shape index (κ3) is 4.14. The number of hydrogen-bond donors (Lipinski definition) is 1. The molecular weight excluding hydrogens is 416 g/mol. The maximum absolute atomic E-state index is 13.0. The molecule has 1 aliphatic heterocycles. The van der Waals surface area contributed by atoms with Crippen LogP contribution in [0.4, 0.5) is 5.13 Å². The molecule has 152 valence electrons. The van der Waals surface area contributed by atoms with Gasteiger partial charge in [-0.05, 0) is 37.1 Å². The second kappa shape index (κ2) is 8.56. The van der Waals surface area contributed by atoms with Gasteiger partial charge in [0.05, 0.1) is 0 Å². The Morgan fingerprint density at radius 2 is 1.79 bits per heavy atom. The zero-order valence-corrected chi connectivity index (χ0v) is 18.0. The maximum Gasteiger partial charge on any atom is 0.268 e. The zero-order chi connectivity index (χ0) is 19.6. The number of carbonyl (C=O) groups is 1. The summed E-state index contributed by atoms with van der Waals surface area (Å²) < 4.78 is 27.4. The molecular formula is C18H24N4O3S3. The molecule has 1 N–H and O–H groups in total. The van der Waals surface area contributed by atoms with Crippen molar-refractivity contribution in [3.63, 3.8) is 0 Å². The molecule has 3 heterocycles. The number of anilines is 1. The lowest BCUT2D eigenvalue weighted by Gasteiger charge is -2.25. The van der Waals surface area contributed by atoms with Crippen LogP contribution in [-0.4, -0.2) is 41.9 Å². The summed E-state index contributed by atoms with van der Waals surface area (Å²) in [6.07, 6.45) is 8.68. The van der Waals surface area contributed by atoms with Crippen LogP contribution in [0.25, 0.3) is 0 Å². The minimum atomic E-state index is -3.65. The molecule has 1 saturated carbocycles. The molecule has 10 heteroatoms. The monoisotopic (exact) mass is 440 g/mol. The Bertz CT molecular complexity index is 926. The SMILES string of the molecule is O=C(Nc1nnc(C2CCCCC2)s1)c1sccc1S(=O)(=O)N1CCCCC1. The number of carbonyl (C=O) groups excluding carboxylic acids is 1. The van der Waals surface area contributed by atoms with Crippen molar-refractivity contribution in [3.8, 4) is 0 Å². The van der Waals surface area contributed by atoms with Gasteiger partial charge in [0, 0.05) is 19.0 Å². The molecule has 2 aromatic rings. The fraction of sp³-hybridized carbons (Fsp3) is 0.611. The van der Waals surface area contributed by atoms with Crippen molar-refractivity contribution in [1.29, 1.82) is 0 Å². The number of piperidine rings is 1. The molecule has 4 rings (SSSR count). The molecule has 28 heavy (non-hydrogen) atoms. The molecule has 0 bridgehead atoms. The Kier molecular flexibility index (Phi) is 6.10. The Hall–Kier alpha value is -1.36. The summed E-state index contributed by atoms with van der Waals surface area (Å²) in [4.78, 5) is 13.1. The minimum absolute atomic E-state index is 0.0916. The van der Waals surface area contributed by atoms with Gasteiger partial charge in [0.1, 0.15) is 14.8 Å². The Labute approximate surface area is 173 Å². The molecule has 7 nitrogen and oxygen atoms in total. The summed E-state index contributed by atoms with van der Waals surface area (Å²) in [5.41, 5.74) is 0. The first kappa shape index (κ1) is 19.9. The van der Waals surface area contributed by atoms with Gasteiger partial charge in [-0.3, -0.25) is 10.1 Å². The average molecular weight is 441 g/mol. The maximum atomic E-state index is 13.0. The highest BCUT2D eigenvalue weighted by molar-refractivity contribution is 7.89. The molecule has 0 spiro atoms. The smallest absolute Gasteiger partial charge is 0.268 e. The van der Waals surface area contributed by atoms with Crippen LogP contribution < -0.4 is 5.32 Å². The summed E-state index contributed by atoms with van der Waals surface area (Å²) in [6, 6.07) is 1.52. The van der Waals surface area contributed by atoms with E-state index in [1.54, 1.807) is 5.38 Å². The van der Waals surface area contributed by atoms with Gasteiger partial charge in [-0.25, -0.2) is 8.42 Å². The first-order chi connectivity index (χ1) is 13.6. The van der Waals surface area contributed by atoms with E-state index >= 15 is 0 Å². The van der Waals surface area contributed by atoms with Gasteiger partial charge in [-0.15, -0.1) is 21.5 Å². The molecule has 1 amide bonds. The Balaban J connectivity index is 1.49. The van der Waals surface area contributed by atoms with Gasteiger partial charge in [-0.2, -0.15) is 4.31 Å². The van der Waals surface area contributed by atoms with Crippen molar-refractivity contribution >= 4 is 43.7 Å². The minimum Gasteiger partial charge on any atom is -0.296 e. The summed E-state index contributed by atoms with van der Waals surface area (Å²) in [5, 5.41) is 14.1. The van der Waals surface area contributed by atoms with Crippen molar-refractivity contribution in [2.75, 3.05) is 18.4 Å². The summed E-state index contributed by atoms with van der Waals surface area (Å²) in [6.45, 7) is 1.03. The number of hydrogen-bond acceptors (Lipinski definition) is 7. The van der Waals surface area contributed by atoms with Crippen molar-refractivity contribution in [3.05, 3.63) is 21.3 Å². The molecule has 2 aliphatic rings. The molecule has 1 aliphatic carbocycles. The predicted octanol–water partition coefficient (Wildman–Crippen LogP) is 4.07. The second-order valence-corrected chi connectivity index (χ2v) is 11.1. The Morgan fingerprint density at radius 1 is 1.07 bits per heavy atom. The zero-order valence-electron chi connectivity index (χ0n) is 15.6. The molecule has 0 atom stereocenters. The van der Waals surface area contributed by atoms with Gasteiger partial charge < -0.3 is 0 Å². The number of nitrogens with one attached hydrogen (secondary N) is 1. The van der Waals surface area contributed by atoms with Crippen LogP contribution in [0.1, 0.15) is 72.0 Å². The number of aromatic nitrogens is 2. The van der Waals surface area contributed by atoms with E-state index in [1.165, 1.54) is 41.0 Å². The van der Waals surface area contributed by atoms with E-state index in [4.69, 9.17) is 0 Å². The third-order valence-corrected chi connectivity index (χ3v) is 9.37. The molecule has 1 saturated heterocycles. The fourth-order valence-corrected chi connectivity index (χ4v) is 7.58. The molecule has 2 aromatic heterocycles. The average Bonchev–Trinajstić information content (AvgIpc) is 3.39. The van der Waals surface area contributed by atoms with E-state index in [9.17, 15) is 13.2 Å². The highest BCUT2D eigenvalue weighted by Crippen LogP contribution is 2.35. The number of thiophene rings is 1. The standard InChI is InChI=1S/C18H24N4O3S3/c23-16(19-18-21-20-17(27-18)13-7-3-1-4-8-13)15-14(9-12-26-15)28(24,25)22-10-5-2-6-11-22/h9,12-13H,1-8,10-11H2,(H,19,21,23). The first-order valence-electron chi connectivity index (χ1n) is 9.78. The van der Waals surface area contributed by atoms with Crippen LogP contribution in [0.2, 0.25) is 0 Å². The summed E-state index contributed by atoms with van der Waals surface area (Å²) in [5.74, 6) is -0.00870. The second-order valence-electron chi connectivity index (χ2n) is 7.31. The van der Waals surface area contributed by atoms with Gasteiger partial charge >= 0.3 is 0 Å². The number of rotatable bonds is 5. The van der Waals surface area contributed by atoms with Crippen LogP contribution in [0.3, 0.4) is 0 Å². The lowest BCUT2D eigenvalue weighted by molar-refractivity contribution is 0.102. The normalized spacial score (nSPS) is 19.6. The first-order valence-corrected chi connectivity index (χ1v) is 12.9. The van der Waals surface area contributed by atoms with Crippen LogP contribution in [0.15, 0.2) is 16.3 Å². The predicted molar refractivity (Wildman–Crippen MR) is 111 cm³/mol. The fourth-order valence-electron chi connectivity index (χ4n) is 3.86. The van der Waals surface area contributed by atoms with Gasteiger partial charge in [0.25, 0.3) is 5.91 Å². The van der Waals surface area contributed by atoms with Crippen LogP contribution in [-0.2, 0) is 10.0 Å².